The van der Waals surface area contributed by atoms with Crippen LogP contribution in [-0.4, -0.2) is 29.2 Å². The lowest BCUT2D eigenvalue weighted by molar-refractivity contribution is 0.355. The number of halogens is 1. The van der Waals surface area contributed by atoms with Gasteiger partial charge in [-0.2, -0.15) is 5.26 Å². The highest BCUT2D eigenvalue weighted by atomic mass is 35.5. The molecule has 25 heavy (non-hydrogen) atoms. The summed E-state index contributed by atoms with van der Waals surface area (Å²) >= 11 is 6.48. The van der Waals surface area contributed by atoms with Gasteiger partial charge in [0.1, 0.15) is 17.5 Å². The molecule has 2 aromatic heterocycles. The van der Waals surface area contributed by atoms with Crippen molar-refractivity contribution in [2.45, 2.75) is 19.8 Å². The standard InChI is InChI=1S/C18H17ClN4O2/c1-9(2)17-22-16(15-10(7-20)8-21-18(15)23-17)11-5-13(24-3)14(25-4)6-12(11)19/h5-6,8-9H,1-4H3,(H,21,22,23). The lowest BCUT2D eigenvalue weighted by atomic mass is 10.0. The van der Waals surface area contributed by atoms with Gasteiger partial charge in [-0.05, 0) is 6.07 Å². The Kier molecular flexibility index (Phi) is 4.51. The number of hydrogen-bond donors (Lipinski definition) is 1. The first-order valence-electron chi connectivity index (χ1n) is 7.71. The van der Waals surface area contributed by atoms with E-state index in [4.69, 9.17) is 21.1 Å². The first-order valence-corrected chi connectivity index (χ1v) is 8.09. The van der Waals surface area contributed by atoms with Crippen LogP contribution in [0.3, 0.4) is 0 Å². The first kappa shape index (κ1) is 17.1. The second-order valence-corrected chi connectivity index (χ2v) is 6.22. The largest absolute Gasteiger partial charge is 0.493 e. The average Bonchev–Trinajstić information content (AvgIpc) is 3.03. The molecular formula is C18H17ClN4O2. The molecule has 0 spiro atoms. The minimum absolute atomic E-state index is 0.121. The Morgan fingerprint density at radius 3 is 2.44 bits per heavy atom. The molecule has 0 aliphatic heterocycles. The zero-order valence-corrected chi connectivity index (χ0v) is 15.1. The molecule has 1 N–H and O–H groups in total. The summed E-state index contributed by atoms with van der Waals surface area (Å²) < 4.78 is 10.7. The summed E-state index contributed by atoms with van der Waals surface area (Å²) in [5.74, 6) is 1.85. The van der Waals surface area contributed by atoms with E-state index in [0.717, 1.165) is 0 Å². The Morgan fingerprint density at radius 2 is 1.84 bits per heavy atom. The highest BCUT2D eigenvalue weighted by Crippen LogP contribution is 2.40. The average molecular weight is 357 g/mol. The summed E-state index contributed by atoms with van der Waals surface area (Å²) in [5, 5.41) is 10.5. The molecule has 2 heterocycles. The van der Waals surface area contributed by atoms with Crippen molar-refractivity contribution in [2.24, 2.45) is 0 Å². The van der Waals surface area contributed by atoms with Crippen molar-refractivity contribution < 1.29 is 9.47 Å². The van der Waals surface area contributed by atoms with Gasteiger partial charge in [-0.3, -0.25) is 0 Å². The number of aromatic nitrogens is 3. The topological polar surface area (TPSA) is 83.8 Å². The molecule has 0 radical (unpaired) electrons. The van der Waals surface area contributed by atoms with E-state index in [2.05, 4.69) is 21.0 Å². The fourth-order valence-corrected chi connectivity index (χ4v) is 2.87. The molecule has 128 valence electrons. The van der Waals surface area contributed by atoms with E-state index in [1.807, 2.05) is 13.8 Å². The third kappa shape index (κ3) is 2.87. The van der Waals surface area contributed by atoms with E-state index in [-0.39, 0.29) is 5.92 Å². The van der Waals surface area contributed by atoms with Crippen LogP contribution in [0.25, 0.3) is 22.3 Å². The molecule has 0 saturated heterocycles. The minimum atomic E-state index is 0.121. The predicted octanol–water partition coefficient (Wildman–Crippen LogP) is 4.29. The van der Waals surface area contributed by atoms with Gasteiger partial charge < -0.3 is 14.5 Å². The maximum atomic E-state index is 9.42. The number of nitriles is 1. The van der Waals surface area contributed by atoms with Gasteiger partial charge in [0.05, 0.1) is 35.9 Å². The van der Waals surface area contributed by atoms with Gasteiger partial charge in [-0.25, -0.2) is 9.97 Å². The summed E-state index contributed by atoms with van der Waals surface area (Å²) in [6.45, 7) is 4.02. The van der Waals surface area contributed by atoms with Gasteiger partial charge in [0.15, 0.2) is 11.5 Å². The Bertz CT molecular complexity index is 989. The van der Waals surface area contributed by atoms with Crippen molar-refractivity contribution >= 4 is 22.6 Å². The Balaban J connectivity index is 2.38. The molecule has 0 bridgehead atoms. The summed E-state index contributed by atoms with van der Waals surface area (Å²) in [6.07, 6.45) is 1.63. The van der Waals surface area contributed by atoms with Gasteiger partial charge in [0.2, 0.25) is 0 Å². The van der Waals surface area contributed by atoms with E-state index < -0.39 is 0 Å². The van der Waals surface area contributed by atoms with Crippen molar-refractivity contribution in [1.82, 2.24) is 15.0 Å². The van der Waals surface area contributed by atoms with Crippen molar-refractivity contribution in [1.29, 1.82) is 5.26 Å². The number of hydrogen-bond acceptors (Lipinski definition) is 5. The fourth-order valence-electron chi connectivity index (χ4n) is 2.63. The van der Waals surface area contributed by atoms with Crippen LogP contribution in [0.4, 0.5) is 0 Å². The zero-order valence-electron chi connectivity index (χ0n) is 14.3. The summed E-state index contributed by atoms with van der Waals surface area (Å²) in [7, 11) is 3.11. The normalized spacial score (nSPS) is 10.9. The second kappa shape index (κ2) is 6.61. The molecule has 0 amide bonds. The van der Waals surface area contributed by atoms with Gasteiger partial charge in [0, 0.05) is 23.7 Å². The van der Waals surface area contributed by atoms with Gasteiger partial charge in [0.25, 0.3) is 0 Å². The molecule has 3 aromatic rings. The van der Waals surface area contributed by atoms with Crippen molar-refractivity contribution in [3.05, 3.63) is 34.7 Å². The summed E-state index contributed by atoms with van der Waals surface area (Å²) in [6, 6.07) is 5.61. The number of methoxy groups -OCH3 is 2. The molecule has 0 atom stereocenters. The highest BCUT2D eigenvalue weighted by molar-refractivity contribution is 6.34. The molecule has 1 aromatic carbocycles. The summed E-state index contributed by atoms with van der Waals surface area (Å²) in [4.78, 5) is 12.2. The Morgan fingerprint density at radius 1 is 1.16 bits per heavy atom. The molecule has 0 saturated carbocycles. The van der Waals surface area contributed by atoms with Gasteiger partial charge in [-0.1, -0.05) is 25.4 Å². The summed E-state index contributed by atoms with van der Waals surface area (Å²) in [5.41, 5.74) is 2.32. The number of nitrogens with zero attached hydrogens (tertiary/aromatic N) is 3. The number of nitrogens with one attached hydrogen (secondary N) is 1. The number of aromatic amines is 1. The van der Waals surface area contributed by atoms with Crippen LogP contribution >= 0.6 is 11.6 Å². The first-order chi connectivity index (χ1) is 12.0. The Labute approximate surface area is 150 Å². The SMILES string of the molecule is COc1cc(Cl)c(-c2nc(C(C)C)nc3[nH]cc(C#N)c23)cc1OC. The smallest absolute Gasteiger partial charge is 0.162 e. The Hall–Kier alpha value is -2.78. The van der Waals surface area contributed by atoms with Crippen molar-refractivity contribution in [3.8, 4) is 28.8 Å². The van der Waals surface area contributed by atoms with E-state index in [0.29, 0.717) is 50.2 Å². The third-order valence-electron chi connectivity index (χ3n) is 3.91. The molecule has 6 nitrogen and oxygen atoms in total. The molecule has 0 fully saturated rings. The third-order valence-corrected chi connectivity index (χ3v) is 4.23. The molecule has 0 aliphatic rings. The van der Waals surface area contributed by atoms with E-state index >= 15 is 0 Å². The number of ether oxygens (including phenoxy) is 2. The number of H-pyrrole nitrogens is 1. The molecule has 3 rings (SSSR count). The van der Waals surface area contributed by atoms with Gasteiger partial charge >= 0.3 is 0 Å². The maximum Gasteiger partial charge on any atom is 0.162 e. The van der Waals surface area contributed by atoms with E-state index in [1.165, 1.54) is 0 Å². The molecule has 0 unspecified atom stereocenters. The van der Waals surface area contributed by atoms with Crippen LogP contribution in [0.5, 0.6) is 11.5 Å². The van der Waals surface area contributed by atoms with Crippen LogP contribution in [0.1, 0.15) is 31.2 Å². The number of rotatable bonds is 4. The van der Waals surface area contributed by atoms with Crippen LogP contribution in [0.15, 0.2) is 18.3 Å². The maximum absolute atomic E-state index is 9.42. The molecular weight excluding hydrogens is 340 g/mol. The lowest BCUT2D eigenvalue weighted by Gasteiger charge is -2.13. The lowest BCUT2D eigenvalue weighted by Crippen LogP contribution is -2.01. The zero-order chi connectivity index (χ0) is 18.1. The highest BCUT2D eigenvalue weighted by Gasteiger charge is 2.20. The van der Waals surface area contributed by atoms with Gasteiger partial charge in [-0.15, -0.1) is 0 Å². The molecule has 7 heteroatoms. The van der Waals surface area contributed by atoms with Crippen molar-refractivity contribution in [2.75, 3.05) is 14.2 Å². The number of fused-ring (bicyclic) bond motifs is 1. The quantitative estimate of drug-likeness (QED) is 0.753. The van der Waals surface area contributed by atoms with E-state index in [1.54, 1.807) is 32.5 Å². The fraction of sp³-hybridized carbons (Fsp3) is 0.278. The van der Waals surface area contributed by atoms with Crippen LogP contribution in [0, 0.1) is 11.3 Å². The van der Waals surface area contributed by atoms with E-state index in [9.17, 15) is 5.26 Å². The molecule has 0 aliphatic carbocycles. The monoisotopic (exact) mass is 356 g/mol. The minimum Gasteiger partial charge on any atom is -0.493 e. The van der Waals surface area contributed by atoms with Crippen LogP contribution in [0.2, 0.25) is 5.02 Å². The second-order valence-electron chi connectivity index (χ2n) is 5.81. The van der Waals surface area contributed by atoms with Crippen LogP contribution in [-0.2, 0) is 0 Å². The van der Waals surface area contributed by atoms with Crippen molar-refractivity contribution in [3.63, 3.8) is 0 Å². The number of benzene rings is 1. The predicted molar refractivity (Wildman–Crippen MR) is 96.2 cm³/mol. The van der Waals surface area contributed by atoms with Crippen LogP contribution < -0.4 is 9.47 Å².